The molecule has 0 spiro atoms. The van der Waals surface area contributed by atoms with E-state index in [1.54, 1.807) is 11.0 Å². The van der Waals surface area contributed by atoms with E-state index in [-0.39, 0.29) is 0 Å². The minimum absolute atomic E-state index is 0.668. The van der Waals surface area contributed by atoms with Gasteiger partial charge >= 0.3 is 0 Å². The molecule has 0 amide bonds. The molecule has 1 aliphatic heterocycles. The summed E-state index contributed by atoms with van der Waals surface area (Å²) in [6.07, 6.45) is 3.40. The normalized spacial score (nSPS) is 15.1. The Morgan fingerprint density at radius 2 is 2.00 bits per heavy atom. The zero-order valence-electron chi connectivity index (χ0n) is 16.3. The lowest BCUT2D eigenvalue weighted by molar-refractivity contribution is 0.233. The van der Waals surface area contributed by atoms with Crippen LogP contribution >= 0.6 is 0 Å². The van der Waals surface area contributed by atoms with Gasteiger partial charge in [0.05, 0.1) is 11.0 Å². The van der Waals surface area contributed by atoms with Crippen LogP contribution in [0.1, 0.15) is 5.56 Å². The van der Waals surface area contributed by atoms with Gasteiger partial charge < -0.3 is 15.6 Å². The number of hydrogen-bond donors (Lipinski definition) is 3. The van der Waals surface area contributed by atoms with Crippen LogP contribution in [0.25, 0.3) is 22.4 Å². The number of H-pyrrole nitrogens is 1. The number of hydrogen-bond acceptors (Lipinski definition) is 7. The third-order valence-electron chi connectivity index (χ3n) is 5.14. The number of nitrogens with one attached hydrogen (secondary N) is 3. The lowest BCUT2D eigenvalue weighted by Crippen LogP contribution is -2.42. The number of aromatic amines is 1. The third-order valence-corrected chi connectivity index (χ3v) is 5.14. The van der Waals surface area contributed by atoms with Crippen molar-refractivity contribution in [2.75, 3.05) is 31.5 Å². The minimum atomic E-state index is 0.668. The molecule has 29 heavy (non-hydrogen) atoms. The van der Waals surface area contributed by atoms with E-state index < -0.39 is 0 Å². The number of pyridine rings is 1. The molecule has 0 unspecified atom stereocenters. The molecule has 0 aliphatic carbocycles. The van der Waals surface area contributed by atoms with E-state index in [4.69, 9.17) is 0 Å². The molecule has 3 aromatic heterocycles. The fraction of sp³-hybridized carbons (Fsp3) is 0.300. The van der Waals surface area contributed by atoms with Crippen molar-refractivity contribution >= 4 is 22.8 Å². The second-order valence-electron chi connectivity index (χ2n) is 7.23. The average Bonchev–Trinajstić information content (AvgIpc) is 3.33. The van der Waals surface area contributed by atoms with Crippen molar-refractivity contribution in [3.8, 4) is 11.4 Å². The fourth-order valence-corrected chi connectivity index (χ4v) is 3.66. The average molecular weight is 389 g/mol. The van der Waals surface area contributed by atoms with Gasteiger partial charge in [0.1, 0.15) is 12.1 Å². The number of piperazine rings is 1. The molecule has 0 radical (unpaired) electrons. The SMILES string of the molecule is Cn1ncnc1-c1ccc2nc(Nc3cc(CN4CCNCC4)ccn3)[nH]c2c1. The standard InChI is InChI=1S/C20H23N9/c1-28-19(23-13-24-28)15-2-3-16-17(11-15)26-20(25-16)27-18-10-14(4-5-22-18)12-29-8-6-21-7-9-29/h2-5,10-11,13,21H,6-9,12H2,1H3,(H2,22,25,26,27). The van der Waals surface area contributed by atoms with Crippen molar-refractivity contribution in [3.05, 3.63) is 48.4 Å². The van der Waals surface area contributed by atoms with Crippen molar-refractivity contribution in [1.29, 1.82) is 0 Å². The van der Waals surface area contributed by atoms with Gasteiger partial charge in [-0.3, -0.25) is 4.90 Å². The van der Waals surface area contributed by atoms with Gasteiger partial charge in [0.15, 0.2) is 5.82 Å². The first-order valence-electron chi connectivity index (χ1n) is 9.74. The van der Waals surface area contributed by atoms with Crippen LogP contribution in [0.3, 0.4) is 0 Å². The summed E-state index contributed by atoms with van der Waals surface area (Å²) in [7, 11) is 1.88. The van der Waals surface area contributed by atoms with E-state index in [1.165, 1.54) is 5.56 Å². The predicted molar refractivity (Wildman–Crippen MR) is 112 cm³/mol. The van der Waals surface area contributed by atoms with Crippen molar-refractivity contribution in [2.45, 2.75) is 6.54 Å². The molecule has 1 aromatic carbocycles. The van der Waals surface area contributed by atoms with E-state index in [2.05, 4.69) is 52.7 Å². The first-order chi connectivity index (χ1) is 14.2. The van der Waals surface area contributed by atoms with Crippen LogP contribution in [0.5, 0.6) is 0 Å². The van der Waals surface area contributed by atoms with E-state index in [0.29, 0.717) is 5.95 Å². The molecule has 1 aliphatic rings. The lowest BCUT2D eigenvalue weighted by Gasteiger charge is -2.27. The van der Waals surface area contributed by atoms with Crippen molar-refractivity contribution in [3.63, 3.8) is 0 Å². The molecule has 3 N–H and O–H groups in total. The van der Waals surface area contributed by atoms with E-state index in [9.17, 15) is 0 Å². The first kappa shape index (κ1) is 17.8. The molecule has 5 rings (SSSR count). The van der Waals surface area contributed by atoms with Crippen molar-refractivity contribution < 1.29 is 0 Å². The van der Waals surface area contributed by atoms with Crippen molar-refractivity contribution in [1.82, 2.24) is 39.9 Å². The quantitative estimate of drug-likeness (QED) is 0.479. The Balaban J connectivity index is 1.35. The summed E-state index contributed by atoms with van der Waals surface area (Å²) in [5, 5.41) is 10.8. The summed E-state index contributed by atoms with van der Waals surface area (Å²) in [5.74, 6) is 2.27. The summed E-state index contributed by atoms with van der Waals surface area (Å²) in [6, 6.07) is 10.2. The Kier molecular flexibility index (Phi) is 4.66. The Labute approximate surface area is 168 Å². The summed E-state index contributed by atoms with van der Waals surface area (Å²) in [6.45, 7) is 5.17. The predicted octanol–water partition coefficient (Wildman–Crippen LogP) is 1.90. The van der Waals surface area contributed by atoms with Gasteiger partial charge in [-0.2, -0.15) is 5.10 Å². The molecule has 9 nitrogen and oxygen atoms in total. The number of anilines is 2. The minimum Gasteiger partial charge on any atom is -0.324 e. The maximum absolute atomic E-state index is 4.63. The fourth-order valence-electron chi connectivity index (χ4n) is 3.66. The zero-order valence-corrected chi connectivity index (χ0v) is 16.3. The highest BCUT2D eigenvalue weighted by Crippen LogP contribution is 2.23. The van der Waals surface area contributed by atoms with E-state index in [1.807, 2.05) is 31.4 Å². The number of rotatable bonds is 5. The molecule has 9 heteroatoms. The lowest BCUT2D eigenvalue weighted by atomic mass is 10.2. The highest BCUT2D eigenvalue weighted by atomic mass is 15.3. The zero-order chi connectivity index (χ0) is 19.6. The number of imidazole rings is 1. The maximum atomic E-state index is 4.63. The second kappa shape index (κ2) is 7.61. The summed E-state index contributed by atoms with van der Waals surface area (Å²) < 4.78 is 1.75. The highest BCUT2D eigenvalue weighted by Gasteiger charge is 2.11. The molecule has 1 fully saturated rings. The van der Waals surface area contributed by atoms with Gasteiger partial charge in [-0.15, -0.1) is 0 Å². The van der Waals surface area contributed by atoms with Crippen LogP contribution in [0.4, 0.5) is 11.8 Å². The number of aryl methyl sites for hydroxylation is 1. The van der Waals surface area contributed by atoms with Gasteiger partial charge in [-0.25, -0.2) is 19.6 Å². The van der Waals surface area contributed by atoms with Gasteiger partial charge in [0.2, 0.25) is 5.95 Å². The molecule has 148 valence electrons. The van der Waals surface area contributed by atoms with Crippen LogP contribution in [0, 0.1) is 0 Å². The first-order valence-corrected chi connectivity index (χ1v) is 9.74. The van der Waals surface area contributed by atoms with E-state index in [0.717, 1.165) is 61.0 Å². The second-order valence-corrected chi connectivity index (χ2v) is 7.23. The van der Waals surface area contributed by atoms with Crippen LogP contribution in [-0.4, -0.2) is 60.8 Å². The largest absolute Gasteiger partial charge is 0.324 e. The molecule has 0 bridgehead atoms. The number of nitrogens with zero attached hydrogens (tertiary/aromatic N) is 6. The van der Waals surface area contributed by atoms with Crippen LogP contribution in [-0.2, 0) is 13.6 Å². The molecule has 4 heterocycles. The monoisotopic (exact) mass is 389 g/mol. The Morgan fingerprint density at radius 3 is 2.83 bits per heavy atom. The topological polar surface area (TPSA) is 99.6 Å². The van der Waals surface area contributed by atoms with Gasteiger partial charge in [0, 0.05) is 51.5 Å². The number of fused-ring (bicyclic) bond motifs is 1. The number of benzene rings is 1. The smallest absolute Gasteiger partial charge is 0.206 e. The molecule has 1 saturated heterocycles. The Morgan fingerprint density at radius 1 is 1.10 bits per heavy atom. The van der Waals surface area contributed by atoms with Crippen LogP contribution in [0.15, 0.2) is 42.9 Å². The van der Waals surface area contributed by atoms with Crippen molar-refractivity contribution in [2.24, 2.45) is 7.05 Å². The molecule has 4 aromatic rings. The third kappa shape index (κ3) is 3.82. The maximum Gasteiger partial charge on any atom is 0.206 e. The van der Waals surface area contributed by atoms with Gasteiger partial charge in [-0.05, 0) is 35.9 Å². The van der Waals surface area contributed by atoms with Gasteiger partial charge in [-0.1, -0.05) is 0 Å². The van der Waals surface area contributed by atoms with Crippen LogP contribution < -0.4 is 10.6 Å². The summed E-state index contributed by atoms with van der Waals surface area (Å²) in [5.41, 5.74) is 4.05. The summed E-state index contributed by atoms with van der Waals surface area (Å²) >= 11 is 0. The Bertz CT molecular complexity index is 1120. The molecule has 0 atom stereocenters. The van der Waals surface area contributed by atoms with Gasteiger partial charge in [0.25, 0.3) is 0 Å². The highest BCUT2D eigenvalue weighted by molar-refractivity contribution is 5.82. The van der Waals surface area contributed by atoms with E-state index >= 15 is 0 Å². The molecular weight excluding hydrogens is 366 g/mol. The summed E-state index contributed by atoms with van der Waals surface area (Å²) in [4.78, 5) is 19.2. The Hall–Kier alpha value is -3.30. The number of aromatic nitrogens is 6. The molecule has 0 saturated carbocycles. The van der Waals surface area contributed by atoms with Crippen LogP contribution in [0.2, 0.25) is 0 Å². The molecular formula is C20H23N9.